The van der Waals surface area contributed by atoms with Crippen molar-refractivity contribution in [1.82, 2.24) is 15.5 Å². The SMILES string of the molecule is CCNC(=NCCNC(=O)Cc1cccc(F)c1)N1CCOC(c2ccccc2C)C1. The van der Waals surface area contributed by atoms with Gasteiger partial charge in [0.1, 0.15) is 11.9 Å². The van der Waals surface area contributed by atoms with Gasteiger partial charge in [-0.15, -0.1) is 0 Å². The highest BCUT2D eigenvalue weighted by Gasteiger charge is 2.25. The van der Waals surface area contributed by atoms with Crippen molar-refractivity contribution in [2.75, 3.05) is 39.3 Å². The van der Waals surface area contributed by atoms with E-state index in [1.54, 1.807) is 12.1 Å². The number of nitrogens with zero attached hydrogens (tertiary/aromatic N) is 2. The molecule has 1 fully saturated rings. The molecule has 1 atom stereocenters. The normalized spacial score (nSPS) is 16.8. The number of ether oxygens (including phenoxy) is 1. The lowest BCUT2D eigenvalue weighted by Gasteiger charge is -2.35. The third-order valence-corrected chi connectivity index (χ3v) is 5.19. The van der Waals surface area contributed by atoms with E-state index in [4.69, 9.17) is 4.74 Å². The number of rotatable bonds is 7. The molecule has 166 valence electrons. The number of halogens is 1. The fraction of sp³-hybridized carbons (Fsp3) is 0.417. The summed E-state index contributed by atoms with van der Waals surface area (Å²) in [6.45, 7) is 7.91. The maximum absolute atomic E-state index is 13.3. The predicted octanol–water partition coefficient (Wildman–Crippen LogP) is 2.83. The average Bonchev–Trinajstić information content (AvgIpc) is 2.76. The van der Waals surface area contributed by atoms with Crippen molar-refractivity contribution in [3.05, 3.63) is 71.0 Å². The Hall–Kier alpha value is -2.93. The average molecular weight is 427 g/mol. The monoisotopic (exact) mass is 426 g/mol. The van der Waals surface area contributed by atoms with Gasteiger partial charge < -0.3 is 20.3 Å². The number of hydrogen-bond donors (Lipinski definition) is 2. The number of carbonyl (C=O) groups is 1. The van der Waals surface area contributed by atoms with Crippen molar-refractivity contribution in [2.45, 2.75) is 26.4 Å². The zero-order valence-electron chi connectivity index (χ0n) is 18.2. The van der Waals surface area contributed by atoms with Crippen molar-refractivity contribution in [1.29, 1.82) is 0 Å². The first-order valence-electron chi connectivity index (χ1n) is 10.8. The summed E-state index contributed by atoms with van der Waals surface area (Å²) in [5, 5.41) is 6.19. The highest BCUT2D eigenvalue weighted by Crippen LogP contribution is 2.24. The molecule has 1 heterocycles. The van der Waals surface area contributed by atoms with E-state index in [2.05, 4.69) is 39.6 Å². The molecule has 1 unspecified atom stereocenters. The van der Waals surface area contributed by atoms with Crippen LogP contribution >= 0.6 is 0 Å². The molecule has 3 rings (SSSR count). The minimum atomic E-state index is -0.334. The van der Waals surface area contributed by atoms with Crippen LogP contribution in [0.3, 0.4) is 0 Å². The molecule has 0 spiro atoms. The van der Waals surface area contributed by atoms with Crippen LogP contribution in [-0.4, -0.2) is 56.1 Å². The van der Waals surface area contributed by atoms with Crippen molar-refractivity contribution in [3.8, 4) is 0 Å². The third-order valence-electron chi connectivity index (χ3n) is 5.19. The Kier molecular flexibility index (Phi) is 8.41. The Morgan fingerprint density at radius 2 is 2.06 bits per heavy atom. The van der Waals surface area contributed by atoms with Crippen LogP contribution in [0.2, 0.25) is 0 Å². The molecule has 1 aliphatic heterocycles. The molecule has 1 saturated heterocycles. The van der Waals surface area contributed by atoms with Gasteiger partial charge in [0.25, 0.3) is 0 Å². The zero-order valence-corrected chi connectivity index (χ0v) is 18.2. The van der Waals surface area contributed by atoms with E-state index in [-0.39, 0.29) is 24.2 Å². The number of carbonyl (C=O) groups excluding carboxylic acids is 1. The van der Waals surface area contributed by atoms with E-state index < -0.39 is 0 Å². The van der Waals surface area contributed by atoms with Gasteiger partial charge in [0.05, 0.1) is 26.1 Å². The molecule has 0 aromatic heterocycles. The molecule has 6 nitrogen and oxygen atoms in total. The molecule has 31 heavy (non-hydrogen) atoms. The molecule has 0 saturated carbocycles. The van der Waals surface area contributed by atoms with Crippen LogP contribution in [0.15, 0.2) is 53.5 Å². The summed E-state index contributed by atoms with van der Waals surface area (Å²) in [6.07, 6.45) is 0.160. The summed E-state index contributed by atoms with van der Waals surface area (Å²) < 4.78 is 19.3. The summed E-state index contributed by atoms with van der Waals surface area (Å²) in [4.78, 5) is 19.0. The molecule has 2 aromatic rings. The summed E-state index contributed by atoms with van der Waals surface area (Å²) in [7, 11) is 0. The Morgan fingerprint density at radius 3 is 2.84 bits per heavy atom. The fourth-order valence-electron chi connectivity index (χ4n) is 3.66. The van der Waals surface area contributed by atoms with Crippen molar-refractivity contribution in [3.63, 3.8) is 0 Å². The van der Waals surface area contributed by atoms with Crippen LogP contribution in [0.25, 0.3) is 0 Å². The first-order chi connectivity index (χ1) is 15.1. The molecule has 1 amide bonds. The molecular weight excluding hydrogens is 395 g/mol. The van der Waals surface area contributed by atoms with Gasteiger partial charge in [-0.05, 0) is 42.7 Å². The summed E-state index contributed by atoms with van der Waals surface area (Å²) in [6, 6.07) is 14.4. The van der Waals surface area contributed by atoms with Gasteiger partial charge in [-0.1, -0.05) is 36.4 Å². The first-order valence-corrected chi connectivity index (χ1v) is 10.8. The second-order valence-corrected chi connectivity index (χ2v) is 7.55. The van der Waals surface area contributed by atoms with E-state index in [1.807, 2.05) is 19.1 Å². The molecule has 0 aliphatic carbocycles. The minimum absolute atomic E-state index is 0.00442. The lowest BCUT2D eigenvalue weighted by atomic mass is 10.0. The van der Waals surface area contributed by atoms with Crippen LogP contribution < -0.4 is 10.6 Å². The fourth-order valence-corrected chi connectivity index (χ4v) is 3.66. The Balaban J connectivity index is 1.53. The van der Waals surface area contributed by atoms with Crippen LogP contribution in [0, 0.1) is 12.7 Å². The van der Waals surface area contributed by atoms with Crippen molar-refractivity contribution < 1.29 is 13.9 Å². The van der Waals surface area contributed by atoms with Gasteiger partial charge >= 0.3 is 0 Å². The number of nitrogens with one attached hydrogen (secondary N) is 2. The van der Waals surface area contributed by atoms with Crippen molar-refractivity contribution in [2.24, 2.45) is 4.99 Å². The number of aliphatic imine (C=N–C) groups is 1. The lowest BCUT2D eigenvalue weighted by Crippen LogP contribution is -2.48. The number of morpholine rings is 1. The Morgan fingerprint density at radius 1 is 1.23 bits per heavy atom. The third kappa shape index (κ3) is 6.79. The number of amides is 1. The molecular formula is C24H31FN4O2. The van der Waals surface area contributed by atoms with Gasteiger partial charge in [-0.2, -0.15) is 0 Å². The van der Waals surface area contributed by atoms with Gasteiger partial charge in [-0.25, -0.2) is 4.39 Å². The van der Waals surface area contributed by atoms with E-state index in [0.717, 1.165) is 25.6 Å². The van der Waals surface area contributed by atoms with E-state index >= 15 is 0 Å². The zero-order chi connectivity index (χ0) is 22.1. The maximum atomic E-state index is 13.3. The van der Waals surface area contributed by atoms with Gasteiger partial charge in [0.2, 0.25) is 5.91 Å². The number of guanidine groups is 1. The Bertz CT molecular complexity index is 903. The summed E-state index contributed by atoms with van der Waals surface area (Å²) in [5.74, 6) is 0.347. The lowest BCUT2D eigenvalue weighted by molar-refractivity contribution is -0.120. The summed E-state index contributed by atoms with van der Waals surface area (Å²) >= 11 is 0. The van der Waals surface area contributed by atoms with Gasteiger partial charge in [0, 0.05) is 19.6 Å². The van der Waals surface area contributed by atoms with Gasteiger partial charge in [0.15, 0.2) is 5.96 Å². The van der Waals surface area contributed by atoms with E-state index in [0.29, 0.717) is 25.3 Å². The molecule has 0 radical (unpaired) electrons. The second kappa shape index (κ2) is 11.5. The quantitative estimate of drug-likeness (QED) is 0.406. The minimum Gasteiger partial charge on any atom is -0.370 e. The van der Waals surface area contributed by atoms with E-state index in [9.17, 15) is 9.18 Å². The Labute approximate surface area is 183 Å². The number of aryl methyl sites for hydroxylation is 1. The molecule has 2 N–H and O–H groups in total. The standard InChI is InChI=1S/C24H31FN4O2/c1-3-26-24(28-12-11-27-23(30)16-19-8-6-9-20(25)15-19)29-13-14-31-22(17-29)21-10-5-4-7-18(21)2/h4-10,15,22H,3,11-14,16-17H2,1-2H3,(H,26,28)(H,27,30). The number of hydrogen-bond acceptors (Lipinski definition) is 3. The summed E-state index contributed by atoms with van der Waals surface area (Å²) in [5.41, 5.74) is 3.08. The topological polar surface area (TPSA) is 66.0 Å². The van der Waals surface area contributed by atoms with Crippen LogP contribution in [0.5, 0.6) is 0 Å². The first kappa shape index (κ1) is 22.7. The van der Waals surface area contributed by atoms with E-state index in [1.165, 1.54) is 23.3 Å². The van der Waals surface area contributed by atoms with Gasteiger partial charge in [-0.3, -0.25) is 9.79 Å². The smallest absolute Gasteiger partial charge is 0.224 e. The van der Waals surface area contributed by atoms with Crippen molar-refractivity contribution >= 4 is 11.9 Å². The highest BCUT2D eigenvalue weighted by atomic mass is 19.1. The largest absolute Gasteiger partial charge is 0.370 e. The van der Waals surface area contributed by atoms with Crippen LogP contribution in [-0.2, 0) is 16.0 Å². The highest BCUT2D eigenvalue weighted by molar-refractivity contribution is 5.80. The van der Waals surface area contributed by atoms with Crippen LogP contribution in [0.1, 0.15) is 29.7 Å². The second-order valence-electron chi connectivity index (χ2n) is 7.55. The molecule has 0 bridgehead atoms. The molecule has 2 aromatic carbocycles. The van der Waals surface area contributed by atoms with Crippen LogP contribution in [0.4, 0.5) is 4.39 Å². The number of benzene rings is 2. The molecule has 7 heteroatoms. The predicted molar refractivity (Wildman–Crippen MR) is 121 cm³/mol. The maximum Gasteiger partial charge on any atom is 0.224 e. The molecule has 1 aliphatic rings.